The van der Waals surface area contributed by atoms with Gasteiger partial charge in [0.1, 0.15) is 10.1 Å². The van der Waals surface area contributed by atoms with E-state index in [9.17, 15) is 9.90 Å². The highest BCUT2D eigenvalue weighted by Gasteiger charge is 2.22. The average molecular weight is 363 g/mol. The van der Waals surface area contributed by atoms with Crippen LogP contribution < -0.4 is 5.32 Å². The minimum atomic E-state index is -0.215. The number of thiocarbonyl (C=S) groups is 1. The fourth-order valence-electron chi connectivity index (χ4n) is 1.20. The van der Waals surface area contributed by atoms with Crippen LogP contribution in [0, 0.1) is 3.57 Å². The fraction of sp³-hybridized carbons (Fsp3) is 0. The lowest BCUT2D eigenvalue weighted by Gasteiger charge is -2.00. The van der Waals surface area contributed by atoms with E-state index in [-0.39, 0.29) is 11.7 Å². The topological polar surface area (TPSA) is 49.3 Å². The molecule has 1 saturated heterocycles. The van der Waals surface area contributed by atoms with Gasteiger partial charge in [0.05, 0.1) is 4.91 Å². The summed E-state index contributed by atoms with van der Waals surface area (Å²) in [5.74, 6) is -0.0626. The van der Waals surface area contributed by atoms with Crippen molar-refractivity contribution in [1.29, 1.82) is 0 Å². The molecule has 0 aliphatic carbocycles. The molecule has 0 spiro atoms. The largest absolute Gasteiger partial charge is 0.507 e. The van der Waals surface area contributed by atoms with Crippen LogP contribution in [-0.2, 0) is 4.79 Å². The summed E-state index contributed by atoms with van der Waals surface area (Å²) in [4.78, 5) is 11.9. The van der Waals surface area contributed by atoms with E-state index in [1.165, 1.54) is 11.8 Å². The number of nitrogens with one attached hydrogen (secondary N) is 1. The Morgan fingerprint density at radius 2 is 2.25 bits per heavy atom. The molecule has 6 heteroatoms. The number of rotatable bonds is 1. The molecule has 1 amide bonds. The number of phenols is 1. The second-order valence-corrected chi connectivity index (χ2v) is 6.02. The molecule has 16 heavy (non-hydrogen) atoms. The summed E-state index contributed by atoms with van der Waals surface area (Å²) in [6, 6.07) is 5.20. The summed E-state index contributed by atoms with van der Waals surface area (Å²) >= 11 is 8.22. The van der Waals surface area contributed by atoms with Crippen molar-refractivity contribution in [2.24, 2.45) is 0 Å². The first-order valence-corrected chi connectivity index (χ1v) is 6.60. The van der Waals surface area contributed by atoms with Crippen LogP contribution in [0.25, 0.3) is 6.08 Å². The van der Waals surface area contributed by atoms with Crippen molar-refractivity contribution >= 4 is 62.9 Å². The number of halogens is 1. The van der Waals surface area contributed by atoms with E-state index in [1.807, 2.05) is 0 Å². The first-order chi connectivity index (χ1) is 7.56. The molecule has 0 atom stereocenters. The predicted octanol–water partition coefficient (Wildman–Crippen LogP) is 2.49. The van der Waals surface area contributed by atoms with Crippen molar-refractivity contribution in [2.75, 3.05) is 0 Å². The molecule has 0 unspecified atom stereocenters. The van der Waals surface area contributed by atoms with Gasteiger partial charge in [0.15, 0.2) is 0 Å². The Labute approximate surface area is 115 Å². The maximum Gasteiger partial charge on any atom is 0.263 e. The van der Waals surface area contributed by atoms with Gasteiger partial charge in [0.25, 0.3) is 5.91 Å². The van der Waals surface area contributed by atoms with E-state index in [1.54, 1.807) is 24.3 Å². The molecule has 0 saturated carbocycles. The molecular weight excluding hydrogens is 357 g/mol. The molecule has 2 rings (SSSR count). The zero-order valence-corrected chi connectivity index (χ0v) is 11.6. The van der Waals surface area contributed by atoms with E-state index in [0.29, 0.717) is 14.8 Å². The van der Waals surface area contributed by atoms with Crippen LogP contribution >= 0.6 is 46.6 Å². The van der Waals surface area contributed by atoms with Crippen molar-refractivity contribution in [1.82, 2.24) is 5.32 Å². The molecule has 82 valence electrons. The number of hydrogen-bond acceptors (Lipinski definition) is 4. The molecule has 1 aromatic carbocycles. The Balaban J connectivity index is 2.39. The summed E-state index contributed by atoms with van der Waals surface area (Å²) < 4.78 is 1.44. The third-order valence-electron chi connectivity index (χ3n) is 1.92. The number of thioether (sulfide) groups is 1. The fourth-order valence-corrected chi connectivity index (χ4v) is 2.75. The van der Waals surface area contributed by atoms with E-state index in [4.69, 9.17) is 12.2 Å². The van der Waals surface area contributed by atoms with Crippen LogP contribution in [0.1, 0.15) is 5.56 Å². The smallest absolute Gasteiger partial charge is 0.263 e. The minimum absolute atomic E-state index is 0.152. The van der Waals surface area contributed by atoms with Gasteiger partial charge < -0.3 is 10.4 Å². The van der Waals surface area contributed by atoms with Gasteiger partial charge >= 0.3 is 0 Å². The van der Waals surface area contributed by atoms with Gasteiger partial charge in [-0.2, -0.15) is 0 Å². The Morgan fingerprint density at radius 1 is 1.50 bits per heavy atom. The lowest BCUT2D eigenvalue weighted by Crippen LogP contribution is -2.17. The van der Waals surface area contributed by atoms with Crippen LogP contribution in [0.4, 0.5) is 0 Å². The van der Waals surface area contributed by atoms with Gasteiger partial charge in [-0.15, -0.1) is 0 Å². The lowest BCUT2D eigenvalue weighted by atomic mass is 10.2. The number of benzene rings is 1. The Morgan fingerprint density at radius 3 is 2.88 bits per heavy atom. The van der Waals surface area contributed by atoms with Crippen LogP contribution in [-0.4, -0.2) is 15.3 Å². The Bertz CT molecular complexity index is 514. The number of carbonyl (C=O) groups is 1. The van der Waals surface area contributed by atoms with Gasteiger partial charge in [-0.05, 0) is 46.9 Å². The van der Waals surface area contributed by atoms with Crippen molar-refractivity contribution in [3.63, 3.8) is 0 Å². The summed E-state index contributed by atoms with van der Waals surface area (Å²) in [7, 11) is 0. The Hall–Kier alpha value is -0.600. The molecule has 0 aromatic heterocycles. The first kappa shape index (κ1) is 11.9. The molecule has 2 N–H and O–H groups in total. The quantitative estimate of drug-likeness (QED) is 0.457. The average Bonchev–Trinajstić information content (AvgIpc) is 2.51. The first-order valence-electron chi connectivity index (χ1n) is 4.29. The minimum Gasteiger partial charge on any atom is -0.507 e. The van der Waals surface area contributed by atoms with Crippen LogP contribution in [0.5, 0.6) is 5.75 Å². The summed E-state index contributed by atoms with van der Waals surface area (Å²) in [6.45, 7) is 0. The molecular formula is C10H6INO2S2. The predicted molar refractivity (Wildman–Crippen MR) is 77.1 cm³/mol. The SMILES string of the molecule is O=C1NC(=S)SC1=Cc1cc(I)ccc1O. The highest BCUT2D eigenvalue weighted by molar-refractivity contribution is 14.1. The zero-order valence-electron chi connectivity index (χ0n) is 7.86. The van der Waals surface area contributed by atoms with Gasteiger partial charge in [0.2, 0.25) is 0 Å². The third-order valence-corrected chi connectivity index (χ3v) is 3.75. The van der Waals surface area contributed by atoms with Gasteiger partial charge in [-0.1, -0.05) is 24.0 Å². The van der Waals surface area contributed by atoms with Crippen molar-refractivity contribution in [3.8, 4) is 5.75 Å². The van der Waals surface area contributed by atoms with Crippen molar-refractivity contribution < 1.29 is 9.90 Å². The van der Waals surface area contributed by atoms with Gasteiger partial charge in [-0.25, -0.2) is 0 Å². The number of aromatic hydroxyl groups is 1. The molecule has 0 radical (unpaired) electrons. The second-order valence-electron chi connectivity index (χ2n) is 3.06. The zero-order chi connectivity index (χ0) is 11.7. The molecule has 1 aromatic rings. The monoisotopic (exact) mass is 363 g/mol. The Kier molecular flexibility index (Phi) is 3.50. The molecule has 1 heterocycles. The van der Waals surface area contributed by atoms with E-state index in [0.717, 1.165) is 3.57 Å². The summed E-state index contributed by atoms with van der Waals surface area (Å²) in [5, 5.41) is 12.2. The van der Waals surface area contributed by atoms with E-state index in [2.05, 4.69) is 27.9 Å². The number of carbonyl (C=O) groups excluding carboxylic acids is 1. The summed E-state index contributed by atoms with van der Waals surface area (Å²) in [5.41, 5.74) is 0.620. The van der Waals surface area contributed by atoms with Gasteiger partial charge in [0, 0.05) is 9.13 Å². The van der Waals surface area contributed by atoms with Crippen LogP contribution in [0.15, 0.2) is 23.1 Å². The standard InChI is InChI=1S/C10H6INO2S2/c11-6-1-2-7(13)5(3-6)4-8-9(14)12-10(15)16-8/h1-4,13H,(H,12,14,15). The van der Waals surface area contributed by atoms with Gasteiger partial charge in [-0.3, -0.25) is 4.79 Å². The summed E-state index contributed by atoms with van der Waals surface area (Å²) in [6.07, 6.45) is 1.64. The molecule has 0 bridgehead atoms. The second kappa shape index (κ2) is 4.72. The number of hydrogen-bond donors (Lipinski definition) is 2. The highest BCUT2D eigenvalue weighted by atomic mass is 127. The third kappa shape index (κ3) is 2.55. The lowest BCUT2D eigenvalue weighted by molar-refractivity contribution is -0.115. The van der Waals surface area contributed by atoms with E-state index >= 15 is 0 Å². The number of phenolic OH excluding ortho intramolecular Hbond substituents is 1. The normalized spacial score (nSPS) is 17.9. The van der Waals surface area contributed by atoms with Crippen molar-refractivity contribution in [3.05, 3.63) is 32.2 Å². The van der Waals surface area contributed by atoms with Crippen molar-refractivity contribution in [2.45, 2.75) is 0 Å². The van der Waals surface area contributed by atoms with Crippen LogP contribution in [0.3, 0.4) is 0 Å². The maximum atomic E-state index is 11.4. The molecule has 1 aliphatic heterocycles. The van der Waals surface area contributed by atoms with Crippen LogP contribution in [0.2, 0.25) is 0 Å². The van der Waals surface area contributed by atoms with E-state index < -0.39 is 0 Å². The molecule has 1 fully saturated rings. The number of amides is 1. The molecule has 3 nitrogen and oxygen atoms in total. The highest BCUT2D eigenvalue weighted by Crippen LogP contribution is 2.29. The molecule has 1 aliphatic rings. The maximum absolute atomic E-state index is 11.4.